The molecule has 0 saturated heterocycles. The van der Waals surface area contributed by atoms with Crippen molar-refractivity contribution in [1.29, 1.82) is 0 Å². The summed E-state index contributed by atoms with van der Waals surface area (Å²) >= 11 is 0. The largest absolute Gasteiger partial charge is 0.337 e. The van der Waals surface area contributed by atoms with E-state index in [0.717, 1.165) is 11.3 Å². The van der Waals surface area contributed by atoms with E-state index in [-0.39, 0.29) is 5.91 Å². The number of rotatable bonds is 4. The summed E-state index contributed by atoms with van der Waals surface area (Å²) < 4.78 is 0. The highest BCUT2D eigenvalue weighted by Crippen LogP contribution is 2.11. The van der Waals surface area contributed by atoms with E-state index in [1.54, 1.807) is 48.6 Å². The van der Waals surface area contributed by atoms with Crippen LogP contribution in [0.5, 0.6) is 0 Å². The molecule has 2 rings (SSSR count). The van der Waals surface area contributed by atoms with Crippen LogP contribution in [-0.2, 0) is 6.54 Å². The van der Waals surface area contributed by atoms with Gasteiger partial charge in [-0.2, -0.15) is 0 Å². The first kappa shape index (κ1) is 13.0. The van der Waals surface area contributed by atoms with Gasteiger partial charge in [0.1, 0.15) is 0 Å². The molecule has 0 atom stereocenters. The van der Waals surface area contributed by atoms with E-state index in [0.29, 0.717) is 12.1 Å². The molecular weight excluding hydrogens is 240 g/mol. The minimum atomic E-state index is -0.0348. The number of hydrogen-bond donors (Lipinski definition) is 2. The number of nitrogens with zero attached hydrogens (tertiary/aromatic N) is 2. The SMILES string of the molecule is CN(Cc1cccnc1)C(=O)c1ccc(NN)cc1. The second-order valence-electron chi connectivity index (χ2n) is 4.24. The molecule has 1 amide bonds. The van der Waals surface area contributed by atoms with E-state index in [1.165, 1.54) is 0 Å². The predicted molar refractivity (Wildman–Crippen MR) is 74.3 cm³/mol. The number of nitrogen functional groups attached to an aromatic ring is 1. The summed E-state index contributed by atoms with van der Waals surface area (Å²) in [7, 11) is 1.77. The maximum atomic E-state index is 12.2. The Bertz CT molecular complexity index is 539. The summed E-state index contributed by atoms with van der Waals surface area (Å²) in [6, 6.07) is 10.8. The molecule has 19 heavy (non-hydrogen) atoms. The van der Waals surface area contributed by atoms with Gasteiger partial charge in [0.25, 0.3) is 5.91 Å². The fraction of sp³-hybridized carbons (Fsp3) is 0.143. The average molecular weight is 256 g/mol. The van der Waals surface area contributed by atoms with Gasteiger partial charge >= 0.3 is 0 Å². The van der Waals surface area contributed by atoms with Crippen LogP contribution in [0.4, 0.5) is 5.69 Å². The van der Waals surface area contributed by atoms with E-state index >= 15 is 0 Å². The first-order valence-electron chi connectivity index (χ1n) is 5.92. The lowest BCUT2D eigenvalue weighted by Crippen LogP contribution is -2.26. The van der Waals surface area contributed by atoms with Crippen molar-refractivity contribution in [1.82, 2.24) is 9.88 Å². The number of anilines is 1. The van der Waals surface area contributed by atoms with Crippen LogP contribution < -0.4 is 11.3 Å². The number of carbonyl (C=O) groups is 1. The Kier molecular flexibility index (Phi) is 4.10. The van der Waals surface area contributed by atoms with E-state index in [4.69, 9.17) is 5.84 Å². The molecule has 0 spiro atoms. The van der Waals surface area contributed by atoms with Crippen molar-refractivity contribution in [2.45, 2.75) is 6.54 Å². The number of carbonyl (C=O) groups excluding carboxylic acids is 1. The molecule has 0 fully saturated rings. The second-order valence-corrected chi connectivity index (χ2v) is 4.24. The van der Waals surface area contributed by atoms with Crippen LogP contribution in [0.15, 0.2) is 48.8 Å². The van der Waals surface area contributed by atoms with Gasteiger partial charge in [-0.15, -0.1) is 0 Å². The summed E-state index contributed by atoms with van der Waals surface area (Å²) in [5.41, 5.74) is 4.93. The topological polar surface area (TPSA) is 71.2 Å². The summed E-state index contributed by atoms with van der Waals surface area (Å²) in [5, 5.41) is 0. The second kappa shape index (κ2) is 5.97. The molecule has 5 heteroatoms. The number of benzene rings is 1. The highest BCUT2D eigenvalue weighted by molar-refractivity contribution is 5.94. The maximum absolute atomic E-state index is 12.2. The number of amides is 1. The standard InChI is InChI=1S/C14H16N4O/c1-18(10-11-3-2-8-16-9-11)14(19)12-4-6-13(17-15)7-5-12/h2-9,17H,10,15H2,1H3. The number of pyridine rings is 1. The molecule has 0 aliphatic carbocycles. The van der Waals surface area contributed by atoms with Crippen LogP contribution in [0.1, 0.15) is 15.9 Å². The van der Waals surface area contributed by atoms with Gasteiger partial charge in [0, 0.05) is 37.2 Å². The zero-order chi connectivity index (χ0) is 13.7. The fourth-order valence-electron chi connectivity index (χ4n) is 1.77. The van der Waals surface area contributed by atoms with E-state index < -0.39 is 0 Å². The van der Waals surface area contributed by atoms with Gasteiger partial charge in [-0.25, -0.2) is 0 Å². The lowest BCUT2D eigenvalue weighted by molar-refractivity contribution is 0.0785. The minimum absolute atomic E-state index is 0.0348. The van der Waals surface area contributed by atoms with Crippen LogP contribution >= 0.6 is 0 Å². The molecule has 0 saturated carbocycles. The summed E-state index contributed by atoms with van der Waals surface area (Å²) in [6.07, 6.45) is 3.47. The summed E-state index contributed by atoms with van der Waals surface area (Å²) in [4.78, 5) is 17.9. The first-order valence-corrected chi connectivity index (χ1v) is 5.92. The van der Waals surface area contributed by atoms with Crippen LogP contribution in [0.2, 0.25) is 0 Å². The van der Waals surface area contributed by atoms with Crippen LogP contribution in [0.25, 0.3) is 0 Å². The Labute approximate surface area is 112 Å². The van der Waals surface area contributed by atoms with Gasteiger partial charge in [0.2, 0.25) is 0 Å². The van der Waals surface area contributed by atoms with Crippen LogP contribution in [0, 0.1) is 0 Å². The van der Waals surface area contributed by atoms with Crippen LogP contribution in [-0.4, -0.2) is 22.8 Å². The smallest absolute Gasteiger partial charge is 0.253 e. The first-order chi connectivity index (χ1) is 9.20. The minimum Gasteiger partial charge on any atom is -0.337 e. The van der Waals surface area contributed by atoms with Gasteiger partial charge < -0.3 is 10.3 Å². The Morgan fingerprint density at radius 1 is 1.32 bits per heavy atom. The van der Waals surface area contributed by atoms with E-state index in [9.17, 15) is 4.79 Å². The number of hydrogen-bond acceptors (Lipinski definition) is 4. The average Bonchev–Trinajstić information content (AvgIpc) is 2.47. The third kappa shape index (κ3) is 3.29. The van der Waals surface area contributed by atoms with Gasteiger partial charge in [-0.3, -0.25) is 15.6 Å². The molecule has 3 N–H and O–H groups in total. The highest BCUT2D eigenvalue weighted by Gasteiger charge is 2.11. The van der Waals surface area contributed by atoms with Gasteiger partial charge in [0.15, 0.2) is 0 Å². The molecule has 98 valence electrons. The molecular formula is C14H16N4O. The van der Waals surface area contributed by atoms with Crippen molar-refractivity contribution >= 4 is 11.6 Å². The monoisotopic (exact) mass is 256 g/mol. The summed E-state index contributed by atoms with van der Waals surface area (Å²) in [6.45, 7) is 0.531. The summed E-state index contributed by atoms with van der Waals surface area (Å²) in [5.74, 6) is 5.25. The Morgan fingerprint density at radius 2 is 2.05 bits per heavy atom. The van der Waals surface area contributed by atoms with Gasteiger partial charge in [0.05, 0.1) is 0 Å². The lowest BCUT2D eigenvalue weighted by atomic mass is 10.1. The van der Waals surface area contributed by atoms with Crippen LogP contribution in [0.3, 0.4) is 0 Å². The molecule has 0 radical (unpaired) electrons. The molecule has 0 bridgehead atoms. The van der Waals surface area contributed by atoms with Gasteiger partial charge in [-0.05, 0) is 35.9 Å². The quantitative estimate of drug-likeness (QED) is 0.644. The zero-order valence-corrected chi connectivity index (χ0v) is 10.7. The van der Waals surface area contributed by atoms with Crippen molar-refractivity contribution in [2.24, 2.45) is 5.84 Å². The van der Waals surface area contributed by atoms with Crippen molar-refractivity contribution < 1.29 is 4.79 Å². The molecule has 0 aliphatic heterocycles. The number of nitrogens with two attached hydrogens (primary N) is 1. The van der Waals surface area contributed by atoms with E-state index in [1.807, 2.05) is 12.1 Å². The molecule has 2 aromatic rings. The van der Waals surface area contributed by atoms with Crippen molar-refractivity contribution in [3.8, 4) is 0 Å². The lowest BCUT2D eigenvalue weighted by Gasteiger charge is -2.17. The normalized spacial score (nSPS) is 10.0. The molecule has 0 aliphatic rings. The number of nitrogens with one attached hydrogen (secondary N) is 1. The third-order valence-corrected chi connectivity index (χ3v) is 2.79. The van der Waals surface area contributed by atoms with Crippen molar-refractivity contribution in [2.75, 3.05) is 12.5 Å². The Balaban J connectivity index is 2.06. The third-order valence-electron chi connectivity index (χ3n) is 2.79. The molecule has 5 nitrogen and oxygen atoms in total. The molecule has 1 aromatic heterocycles. The Morgan fingerprint density at radius 3 is 2.63 bits per heavy atom. The van der Waals surface area contributed by atoms with Crippen molar-refractivity contribution in [3.63, 3.8) is 0 Å². The number of hydrazine groups is 1. The van der Waals surface area contributed by atoms with E-state index in [2.05, 4.69) is 10.4 Å². The zero-order valence-electron chi connectivity index (χ0n) is 10.7. The fourth-order valence-corrected chi connectivity index (χ4v) is 1.77. The highest BCUT2D eigenvalue weighted by atomic mass is 16.2. The molecule has 1 heterocycles. The van der Waals surface area contributed by atoms with Gasteiger partial charge in [-0.1, -0.05) is 6.07 Å². The molecule has 0 unspecified atom stereocenters. The maximum Gasteiger partial charge on any atom is 0.253 e. The molecule has 1 aromatic carbocycles. The number of aromatic nitrogens is 1. The predicted octanol–water partition coefficient (Wildman–Crippen LogP) is 1.64. The Hall–Kier alpha value is -2.40. The van der Waals surface area contributed by atoms with Crippen molar-refractivity contribution in [3.05, 3.63) is 59.9 Å².